The third-order valence-electron chi connectivity index (χ3n) is 9.67. The van der Waals surface area contributed by atoms with Crippen LogP contribution in [0.15, 0.2) is 131 Å². The molecule has 7 aromatic carbocycles. The summed E-state index contributed by atoms with van der Waals surface area (Å²) in [6.07, 6.45) is 0. The second-order valence-corrected chi connectivity index (χ2v) is 16.3. The van der Waals surface area contributed by atoms with Crippen molar-refractivity contribution in [1.82, 2.24) is 0 Å². The summed E-state index contributed by atoms with van der Waals surface area (Å²) in [5, 5.41) is 12.6. The van der Waals surface area contributed by atoms with Crippen LogP contribution in [-0.4, -0.2) is 32.7 Å². The zero-order valence-electron chi connectivity index (χ0n) is 27.7. The maximum atomic E-state index is 5.02. The molecule has 0 saturated heterocycles. The summed E-state index contributed by atoms with van der Waals surface area (Å²) in [5.41, 5.74) is 7.39. The Hall–Kier alpha value is -4.38. The molecule has 0 amide bonds. The standard InChI is InChI=1S/C44H36N2S2/c1-43(2)25-47-41(45-43)29-21-17-27(18-22-29)37-35-15-9-10-16-36(35)38(28-19-23-30(24-20-28)42-46-44(3,4)26-48-42)40-34-14-8-6-12-32(34)31-11-5-7-13-33(31)39(37)40/h5-24H,25-26H2,1-4H3. The summed E-state index contributed by atoms with van der Waals surface area (Å²) in [4.78, 5) is 10.0. The van der Waals surface area contributed by atoms with Gasteiger partial charge >= 0.3 is 0 Å². The van der Waals surface area contributed by atoms with E-state index in [4.69, 9.17) is 9.98 Å². The first-order valence-electron chi connectivity index (χ1n) is 16.7. The summed E-state index contributed by atoms with van der Waals surface area (Å²) in [6.45, 7) is 8.86. The average molecular weight is 657 g/mol. The molecule has 2 nitrogen and oxygen atoms in total. The summed E-state index contributed by atoms with van der Waals surface area (Å²) >= 11 is 3.72. The summed E-state index contributed by atoms with van der Waals surface area (Å²) in [7, 11) is 0. The Morgan fingerprint density at radius 3 is 1.04 bits per heavy atom. The van der Waals surface area contributed by atoms with Crippen LogP contribution in [0.3, 0.4) is 0 Å². The Balaban J connectivity index is 1.37. The van der Waals surface area contributed by atoms with Crippen LogP contribution >= 0.6 is 23.5 Å². The van der Waals surface area contributed by atoms with Gasteiger partial charge in [-0.3, -0.25) is 9.98 Å². The van der Waals surface area contributed by atoms with Gasteiger partial charge in [0.15, 0.2) is 0 Å². The number of benzene rings is 7. The molecule has 0 atom stereocenters. The molecule has 48 heavy (non-hydrogen) atoms. The van der Waals surface area contributed by atoms with Gasteiger partial charge in [-0.2, -0.15) is 0 Å². The van der Waals surface area contributed by atoms with Gasteiger partial charge in [0, 0.05) is 22.6 Å². The van der Waals surface area contributed by atoms with Gasteiger partial charge in [0.1, 0.15) is 0 Å². The molecule has 0 unspecified atom stereocenters. The van der Waals surface area contributed by atoms with E-state index in [0.29, 0.717) is 0 Å². The predicted molar refractivity (Wildman–Crippen MR) is 213 cm³/mol. The number of hydrogen-bond donors (Lipinski definition) is 0. The first-order chi connectivity index (χ1) is 23.3. The zero-order chi connectivity index (χ0) is 32.6. The van der Waals surface area contributed by atoms with E-state index >= 15 is 0 Å². The van der Waals surface area contributed by atoms with Crippen molar-refractivity contribution in [2.75, 3.05) is 11.5 Å². The Morgan fingerprint density at radius 2 is 0.708 bits per heavy atom. The molecule has 9 rings (SSSR count). The molecule has 4 heteroatoms. The van der Waals surface area contributed by atoms with Crippen molar-refractivity contribution in [1.29, 1.82) is 0 Å². The lowest BCUT2D eigenvalue weighted by molar-refractivity contribution is 0.605. The number of aliphatic imine (C=N–C) groups is 2. The molecule has 0 spiro atoms. The average Bonchev–Trinajstić information content (AvgIpc) is 3.67. The minimum atomic E-state index is -0.0148. The number of thioether (sulfide) groups is 2. The van der Waals surface area contributed by atoms with Gasteiger partial charge in [-0.05, 0) is 93.0 Å². The normalized spacial score (nSPS) is 17.0. The number of hydrogen-bond acceptors (Lipinski definition) is 4. The Kier molecular flexibility index (Phi) is 6.87. The zero-order valence-corrected chi connectivity index (χ0v) is 29.3. The lowest BCUT2D eigenvalue weighted by Gasteiger charge is -2.21. The second-order valence-electron chi connectivity index (χ2n) is 14.3. The van der Waals surface area contributed by atoms with Crippen LogP contribution < -0.4 is 0 Å². The van der Waals surface area contributed by atoms with Crippen LogP contribution in [-0.2, 0) is 0 Å². The van der Waals surface area contributed by atoms with Crippen LogP contribution in [0.2, 0.25) is 0 Å². The van der Waals surface area contributed by atoms with E-state index < -0.39 is 0 Å². The quantitative estimate of drug-likeness (QED) is 0.139. The molecule has 0 bridgehead atoms. The third-order valence-corrected chi connectivity index (χ3v) is 12.6. The highest BCUT2D eigenvalue weighted by molar-refractivity contribution is 8.15. The van der Waals surface area contributed by atoms with Crippen molar-refractivity contribution in [2.45, 2.75) is 38.8 Å². The molecule has 0 radical (unpaired) electrons. The maximum absolute atomic E-state index is 5.02. The molecule has 234 valence electrons. The minimum Gasteiger partial charge on any atom is -0.271 e. The molecule has 0 fully saturated rings. The van der Waals surface area contributed by atoms with E-state index in [1.807, 2.05) is 23.5 Å². The second kappa shape index (κ2) is 11.1. The molecule has 2 aliphatic heterocycles. The number of nitrogens with zero attached hydrogens (tertiary/aromatic N) is 2. The van der Waals surface area contributed by atoms with E-state index in [2.05, 4.69) is 149 Å². The number of fused-ring (bicyclic) bond motifs is 7. The van der Waals surface area contributed by atoms with E-state index in [9.17, 15) is 0 Å². The summed E-state index contributed by atoms with van der Waals surface area (Å²) in [6, 6.07) is 45.2. The molecule has 0 aliphatic carbocycles. The van der Waals surface area contributed by atoms with Crippen LogP contribution in [0.5, 0.6) is 0 Å². The SMILES string of the molecule is CC1(C)CSC(c2ccc(-c3c4ccccc4c(-c4ccc(C5=NC(C)(C)CS5)cc4)c4c5ccccc5c5ccccc5c34)cc2)=N1. The Labute approximate surface area is 290 Å². The van der Waals surface area contributed by atoms with Gasteiger partial charge in [0.2, 0.25) is 0 Å². The van der Waals surface area contributed by atoms with Crippen LogP contribution in [0.1, 0.15) is 38.8 Å². The fraction of sp³-hybridized carbons (Fsp3) is 0.182. The number of rotatable bonds is 4. The van der Waals surface area contributed by atoms with Gasteiger partial charge in [0.25, 0.3) is 0 Å². The van der Waals surface area contributed by atoms with E-state index in [1.54, 1.807) is 0 Å². The van der Waals surface area contributed by atoms with E-state index in [-0.39, 0.29) is 11.1 Å². The molecule has 0 aromatic heterocycles. The van der Waals surface area contributed by atoms with Crippen molar-refractivity contribution in [3.8, 4) is 22.3 Å². The van der Waals surface area contributed by atoms with E-state index in [0.717, 1.165) is 21.6 Å². The van der Waals surface area contributed by atoms with Crippen molar-refractivity contribution in [2.24, 2.45) is 9.98 Å². The Morgan fingerprint density at radius 1 is 0.396 bits per heavy atom. The highest BCUT2D eigenvalue weighted by Crippen LogP contribution is 2.49. The van der Waals surface area contributed by atoms with Crippen molar-refractivity contribution < 1.29 is 0 Å². The van der Waals surface area contributed by atoms with Gasteiger partial charge in [-0.25, -0.2) is 0 Å². The van der Waals surface area contributed by atoms with Crippen molar-refractivity contribution >= 4 is 76.7 Å². The summed E-state index contributed by atoms with van der Waals surface area (Å²) in [5.74, 6) is 2.04. The van der Waals surface area contributed by atoms with Gasteiger partial charge < -0.3 is 0 Å². The molecular formula is C44H36N2S2. The van der Waals surface area contributed by atoms with Crippen LogP contribution in [0.4, 0.5) is 0 Å². The largest absolute Gasteiger partial charge is 0.271 e. The van der Waals surface area contributed by atoms with Crippen molar-refractivity contribution in [3.05, 3.63) is 132 Å². The highest BCUT2D eigenvalue weighted by Gasteiger charge is 2.28. The maximum Gasteiger partial charge on any atom is 0.0984 e. The lowest BCUT2D eigenvalue weighted by atomic mass is 9.81. The van der Waals surface area contributed by atoms with Gasteiger partial charge in [0.05, 0.1) is 21.2 Å². The van der Waals surface area contributed by atoms with Crippen LogP contribution in [0, 0.1) is 0 Å². The molecule has 0 saturated carbocycles. The lowest BCUT2D eigenvalue weighted by Crippen LogP contribution is -2.15. The van der Waals surface area contributed by atoms with Crippen molar-refractivity contribution in [3.63, 3.8) is 0 Å². The van der Waals surface area contributed by atoms with Gasteiger partial charge in [-0.15, -0.1) is 23.5 Å². The molecule has 2 heterocycles. The molecule has 7 aromatic rings. The highest BCUT2D eigenvalue weighted by atomic mass is 32.2. The van der Waals surface area contributed by atoms with Crippen LogP contribution in [0.25, 0.3) is 65.3 Å². The predicted octanol–water partition coefficient (Wildman–Crippen LogP) is 12.2. The minimum absolute atomic E-state index is 0.0148. The fourth-order valence-electron chi connectivity index (χ4n) is 7.47. The molecular weight excluding hydrogens is 621 g/mol. The Bertz CT molecular complexity index is 2310. The fourth-order valence-corrected chi connectivity index (χ4v) is 9.81. The first-order valence-corrected chi connectivity index (χ1v) is 18.7. The van der Waals surface area contributed by atoms with E-state index in [1.165, 1.54) is 76.5 Å². The topological polar surface area (TPSA) is 24.7 Å². The monoisotopic (exact) mass is 656 g/mol. The summed E-state index contributed by atoms with van der Waals surface area (Å²) < 4.78 is 0. The first kappa shape index (κ1) is 29.7. The molecule has 0 N–H and O–H groups in total. The molecule has 2 aliphatic rings. The van der Waals surface area contributed by atoms with Gasteiger partial charge in [-0.1, -0.05) is 121 Å². The smallest absolute Gasteiger partial charge is 0.0984 e. The third kappa shape index (κ3) is 4.88.